The van der Waals surface area contributed by atoms with E-state index in [1.165, 1.54) is 24.2 Å². The van der Waals surface area contributed by atoms with Crippen LogP contribution >= 0.6 is 11.3 Å². The summed E-state index contributed by atoms with van der Waals surface area (Å²) in [6.07, 6.45) is 6.42. The van der Waals surface area contributed by atoms with Gasteiger partial charge in [-0.1, -0.05) is 49.2 Å². The first kappa shape index (κ1) is 28.9. The van der Waals surface area contributed by atoms with E-state index in [2.05, 4.69) is 24.9 Å². The number of carbonyl (C=O) groups is 1. The zero-order valence-corrected chi connectivity index (χ0v) is 24.3. The average molecular weight is 588 g/mol. The molecule has 1 aliphatic heterocycles. The van der Waals surface area contributed by atoms with Crippen LogP contribution < -0.4 is 14.8 Å². The van der Waals surface area contributed by atoms with Crippen molar-refractivity contribution in [1.82, 2.24) is 19.6 Å². The number of likely N-dealkylation sites (tertiary alicyclic amines) is 1. The SMILES string of the molecule is COc1ccc2nc(NC(=O)C(CC3CCCC3)c3ccc(S(=O)(=O)NCCN4CCC(O)CC4)cc3)sc2n1. The van der Waals surface area contributed by atoms with Crippen molar-refractivity contribution in [3.8, 4) is 5.88 Å². The fourth-order valence-electron chi connectivity index (χ4n) is 5.58. The van der Waals surface area contributed by atoms with E-state index in [0.29, 0.717) is 59.6 Å². The number of thiazole rings is 1. The van der Waals surface area contributed by atoms with Crippen LogP contribution in [0.15, 0.2) is 41.3 Å². The maximum absolute atomic E-state index is 13.6. The minimum absolute atomic E-state index is 0.154. The van der Waals surface area contributed by atoms with E-state index in [-0.39, 0.29) is 16.9 Å². The van der Waals surface area contributed by atoms with Gasteiger partial charge in [0.2, 0.25) is 21.8 Å². The Morgan fingerprint density at radius 2 is 1.82 bits per heavy atom. The van der Waals surface area contributed by atoms with Crippen molar-refractivity contribution in [3.63, 3.8) is 0 Å². The maximum Gasteiger partial charge on any atom is 0.240 e. The highest BCUT2D eigenvalue weighted by Crippen LogP contribution is 2.36. The lowest BCUT2D eigenvalue weighted by Crippen LogP contribution is -2.40. The van der Waals surface area contributed by atoms with Crippen molar-refractivity contribution in [2.75, 3.05) is 38.6 Å². The van der Waals surface area contributed by atoms with Crippen molar-refractivity contribution >= 4 is 42.7 Å². The first-order valence-electron chi connectivity index (χ1n) is 13.9. The van der Waals surface area contributed by atoms with Crippen LogP contribution in [-0.2, 0) is 14.8 Å². The molecule has 3 aromatic rings. The van der Waals surface area contributed by atoms with Crippen molar-refractivity contribution in [2.45, 2.75) is 61.9 Å². The monoisotopic (exact) mass is 587 g/mol. The number of pyridine rings is 1. The first-order chi connectivity index (χ1) is 19.3. The Bertz CT molecular complexity index is 1400. The van der Waals surface area contributed by atoms with E-state index in [1.54, 1.807) is 37.4 Å². The Morgan fingerprint density at radius 1 is 1.10 bits per heavy atom. The number of fused-ring (bicyclic) bond motifs is 1. The molecule has 1 amide bonds. The van der Waals surface area contributed by atoms with E-state index < -0.39 is 15.9 Å². The summed E-state index contributed by atoms with van der Waals surface area (Å²) >= 11 is 1.30. The van der Waals surface area contributed by atoms with Crippen molar-refractivity contribution in [1.29, 1.82) is 0 Å². The number of aliphatic hydroxyl groups is 1. The number of piperidine rings is 1. The van der Waals surface area contributed by atoms with Gasteiger partial charge in [-0.05, 0) is 48.9 Å². The minimum atomic E-state index is -3.68. The summed E-state index contributed by atoms with van der Waals surface area (Å²) in [6.45, 7) is 2.44. The number of ether oxygens (including phenoxy) is 1. The topological polar surface area (TPSA) is 134 Å². The Kier molecular flexibility index (Phi) is 9.31. The van der Waals surface area contributed by atoms with Gasteiger partial charge in [0.05, 0.1) is 24.0 Å². The molecule has 1 atom stereocenters. The molecule has 1 saturated heterocycles. The molecule has 5 rings (SSSR count). The van der Waals surface area contributed by atoms with E-state index >= 15 is 0 Å². The Labute approximate surface area is 239 Å². The molecule has 3 N–H and O–H groups in total. The predicted molar refractivity (Wildman–Crippen MR) is 155 cm³/mol. The highest BCUT2D eigenvalue weighted by Gasteiger charge is 2.28. The van der Waals surface area contributed by atoms with Gasteiger partial charge < -0.3 is 20.1 Å². The van der Waals surface area contributed by atoms with Crippen molar-refractivity contribution in [2.24, 2.45) is 5.92 Å². The van der Waals surface area contributed by atoms with E-state index in [9.17, 15) is 18.3 Å². The van der Waals surface area contributed by atoms with Crippen LogP contribution in [0.4, 0.5) is 5.13 Å². The third-order valence-corrected chi connectivity index (χ3v) is 10.3. The first-order valence-corrected chi connectivity index (χ1v) is 16.2. The third kappa shape index (κ3) is 7.16. The van der Waals surface area contributed by atoms with Crippen LogP contribution in [0.25, 0.3) is 10.3 Å². The zero-order chi connectivity index (χ0) is 28.1. The molecule has 1 aromatic carbocycles. The number of nitrogens with zero attached hydrogens (tertiary/aromatic N) is 3. The summed E-state index contributed by atoms with van der Waals surface area (Å²) in [5, 5.41) is 13.1. The number of aliphatic hydroxyl groups excluding tert-OH is 1. The van der Waals surface area contributed by atoms with Gasteiger partial charge in [0.15, 0.2) is 5.13 Å². The number of aromatic nitrogens is 2. The second-order valence-corrected chi connectivity index (χ2v) is 13.4. The summed E-state index contributed by atoms with van der Waals surface area (Å²) < 4.78 is 33.7. The number of benzene rings is 1. The molecular formula is C28H37N5O5S2. The van der Waals surface area contributed by atoms with E-state index in [4.69, 9.17) is 4.74 Å². The zero-order valence-electron chi connectivity index (χ0n) is 22.7. The fourth-order valence-corrected chi connectivity index (χ4v) is 7.43. The van der Waals surface area contributed by atoms with Crippen LogP contribution in [0.2, 0.25) is 0 Å². The van der Waals surface area contributed by atoms with Gasteiger partial charge in [-0.15, -0.1) is 0 Å². The lowest BCUT2D eigenvalue weighted by Gasteiger charge is -2.29. The molecule has 12 heteroatoms. The highest BCUT2D eigenvalue weighted by atomic mass is 32.2. The fraction of sp³-hybridized carbons (Fsp3) is 0.536. The molecular weight excluding hydrogens is 550 g/mol. The molecule has 2 aromatic heterocycles. The van der Waals surface area contributed by atoms with Gasteiger partial charge in [-0.25, -0.2) is 23.1 Å². The van der Waals surface area contributed by atoms with E-state index in [1.807, 2.05) is 6.07 Å². The molecule has 3 heterocycles. The van der Waals surface area contributed by atoms with Gasteiger partial charge in [0, 0.05) is 32.2 Å². The highest BCUT2D eigenvalue weighted by molar-refractivity contribution is 7.89. The third-order valence-electron chi connectivity index (χ3n) is 7.90. The molecule has 0 bridgehead atoms. The predicted octanol–water partition coefficient (Wildman–Crippen LogP) is 3.74. The number of amides is 1. The Hall–Kier alpha value is -2.64. The smallest absolute Gasteiger partial charge is 0.240 e. The number of hydrogen-bond donors (Lipinski definition) is 3. The molecule has 40 heavy (non-hydrogen) atoms. The second kappa shape index (κ2) is 12.9. The van der Waals surface area contributed by atoms with Crippen molar-refractivity contribution < 1.29 is 23.1 Å². The normalized spacial score (nSPS) is 18.2. The summed E-state index contributed by atoms with van der Waals surface area (Å²) in [5.41, 5.74) is 1.48. The molecule has 0 radical (unpaired) electrons. The number of rotatable bonds is 11. The number of methoxy groups -OCH3 is 1. The maximum atomic E-state index is 13.6. The van der Waals surface area contributed by atoms with Gasteiger partial charge in [0.1, 0.15) is 10.3 Å². The minimum Gasteiger partial charge on any atom is -0.481 e. The van der Waals surface area contributed by atoms with Gasteiger partial charge >= 0.3 is 0 Å². The number of carbonyl (C=O) groups excluding carboxylic acids is 1. The van der Waals surface area contributed by atoms with Crippen LogP contribution in [-0.4, -0.2) is 73.7 Å². The average Bonchev–Trinajstić information content (AvgIpc) is 3.61. The molecule has 1 unspecified atom stereocenters. The number of sulfonamides is 1. The summed E-state index contributed by atoms with van der Waals surface area (Å²) in [7, 11) is -2.12. The van der Waals surface area contributed by atoms with Crippen LogP contribution in [0.5, 0.6) is 5.88 Å². The van der Waals surface area contributed by atoms with Crippen molar-refractivity contribution in [3.05, 3.63) is 42.0 Å². The molecule has 1 aliphatic carbocycles. The Morgan fingerprint density at radius 3 is 2.52 bits per heavy atom. The van der Waals surface area contributed by atoms with Crippen LogP contribution in [0.1, 0.15) is 56.4 Å². The summed E-state index contributed by atoms with van der Waals surface area (Å²) in [4.78, 5) is 25.5. The quantitative estimate of drug-likeness (QED) is 0.309. The molecule has 2 aliphatic rings. The number of hydrogen-bond acceptors (Lipinski definition) is 9. The number of nitrogens with one attached hydrogen (secondary N) is 2. The molecule has 10 nitrogen and oxygen atoms in total. The standard InChI is InChI=1S/C28H37N5O5S2/c1-38-25-11-10-24-27(31-25)39-28(30-24)32-26(35)23(18-19-4-2-3-5-19)20-6-8-22(9-7-20)40(36,37)29-14-17-33-15-12-21(34)13-16-33/h6-11,19,21,23,29,34H,2-5,12-18H2,1H3,(H,30,32,35). The number of anilines is 1. The summed E-state index contributed by atoms with van der Waals surface area (Å²) in [5.74, 6) is 0.372. The lowest BCUT2D eigenvalue weighted by molar-refractivity contribution is -0.118. The summed E-state index contributed by atoms with van der Waals surface area (Å²) in [6, 6.07) is 10.2. The van der Waals surface area contributed by atoms with Gasteiger partial charge in [-0.2, -0.15) is 0 Å². The second-order valence-electron chi connectivity index (χ2n) is 10.7. The molecule has 2 fully saturated rings. The Balaban J connectivity index is 1.26. The van der Waals surface area contributed by atoms with Gasteiger partial charge in [-0.3, -0.25) is 4.79 Å². The molecule has 216 valence electrons. The lowest BCUT2D eigenvalue weighted by atomic mass is 9.87. The van der Waals surface area contributed by atoms with Crippen LogP contribution in [0.3, 0.4) is 0 Å². The van der Waals surface area contributed by atoms with Crippen LogP contribution in [0, 0.1) is 5.92 Å². The van der Waals surface area contributed by atoms with Gasteiger partial charge in [0.25, 0.3) is 0 Å². The van der Waals surface area contributed by atoms with E-state index in [0.717, 1.165) is 31.5 Å². The molecule has 0 spiro atoms. The largest absolute Gasteiger partial charge is 0.481 e. The molecule has 1 saturated carbocycles.